The fraction of sp³-hybridized carbons (Fsp3) is 0.118. The van der Waals surface area contributed by atoms with Crippen LogP contribution in [0.4, 0.5) is 0 Å². The van der Waals surface area contributed by atoms with E-state index in [4.69, 9.17) is 18.9 Å². The van der Waals surface area contributed by atoms with Gasteiger partial charge < -0.3 is 19.0 Å². The van der Waals surface area contributed by atoms with E-state index in [0.717, 1.165) is 0 Å². The molecule has 6 rings (SSSR count). The molecule has 0 spiro atoms. The second kappa shape index (κ2) is 12.0. The molecule has 0 fully saturated rings. The first-order chi connectivity index (χ1) is 21.4. The van der Waals surface area contributed by atoms with Crippen LogP contribution in [0, 0.1) is 0 Å². The number of benzene rings is 3. The van der Waals surface area contributed by atoms with Gasteiger partial charge in [0.25, 0.3) is 5.56 Å². The molecule has 9 nitrogen and oxygen atoms in total. The van der Waals surface area contributed by atoms with Crippen molar-refractivity contribution in [1.82, 2.24) is 4.57 Å². The number of carbonyl (C=O) groups excluding carboxylic acids is 1. The number of carbonyl (C=O) groups is 2. The number of carboxylic acids is 1. The summed E-state index contributed by atoms with van der Waals surface area (Å²) in [4.78, 5) is 44.3. The molecule has 1 aliphatic heterocycles. The minimum absolute atomic E-state index is 0.138. The van der Waals surface area contributed by atoms with Crippen LogP contribution in [0.15, 0.2) is 111 Å². The molecule has 0 saturated carbocycles. The average Bonchev–Trinajstić information content (AvgIpc) is 3.65. The van der Waals surface area contributed by atoms with Crippen LogP contribution in [-0.2, 0) is 9.53 Å². The van der Waals surface area contributed by atoms with E-state index in [1.165, 1.54) is 28.0 Å². The van der Waals surface area contributed by atoms with Gasteiger partial charge >= 0.3 is 11.9 Å². The van der Waals surface area contributed by atoms with Crippen molar-refractivity contribution in [3.05, 3.63) is 139 Å². The Morgan fingerprint density at radius 1 is 1.00 bits per heavy atom. The number of furan rings is 1. The highest BCUT2D eigenvalue weighted by Gasteiger charge is 2.35. The Kier molecular flexibility index (Phi) is 7.82. The van der Waals surface area contributed by atoms with E-state index in [2.05, 4.69) is 0 Å². The van der Waals surface area contributed by atoms with E-state index >= 15 is 0 Å². The quantitative estimate of drug-likeness (QED) is 0.250. The molecule has 0 radical (unpaired) electrons. The lowest BCUT2D eigenvalue weighted by Crippen LogP contribution is -2.40. The molecule has 0 saturated heterocycles. The number of hydrogen-bond donors (Lipinski definition) is 1. The lowest BCUT2D eigenvalue weighted by atomic mass is 9.93. The number of rotatable bonds is 8. The number of thiazole rings is 1. The maximum atomic E-state index is 14.1. The van der Waals surface area contributed by atoms with Crippen LogP contribution in [-0.4, -0.2) is 35.3 Å². The average molecular weight is 607 g/mol. The molecule has 3 heterocycles. The summed E-state index contributed by atoms with van der Waals surface area (Å²) in [5, 5.41) is 9.35. The van der Waals surface area contributed by atoms with Crippen molar-refractivity contribution in [1.29, 1.82) is 0 Å². The van der Waals surface area contributed by atoms with Crippen LogP contribution >= 0.6 is 11.3 Å². The second-order valence-corrected chi connectivity index (χ2v) is 10.8. The number of aromatic carboxylic acids is 1. The lowest BCUT2D eigenvalue weighted by Gasteiger charge is -2.26. The highest BCUT2D eigenvalue weighted by atomic mass is 32.1. The SMILES string of the molecule is CCOC(=O)C1=C(c2ccccc2)N=c2s/c(=C\c3ccc(-c4cccc(C(=O)O)c4)o3)c(=O)n2[C@H]1c1ccc(OC)cc1. The van der Waals surface area contributed by atoms with E-state index in [9.17, 15) is 19.5 Å². The molecule has 0 bridgehead atoms. The summed E-state index contributed by atoms with van der Waals surface area (Å²) in [7, 11) is 1.57. The highest BCUT2D eigenvalue weighted by Crippen LogP contribution is 2.35. The van der Waals surface area contributed by atoms with Gasteiger partial charge in [-0.2, -0.15) is 0 Å². The fourth-order valence-corrected chi connectivity index (χ4v) is 6.04. The van der Waals surface area contributed by atoms with Gasteiger partial charge in [0.2, 0.25) is 0 Å². The van der Waals surface area contributed by atoms with Gasteiger partial charge in [0, 0.05) is 17.2 Å². The second-order valence-electron chi connectivity index (χ2n) is 9.79. The molecule has 44 heavy (non-hydrogen) atoms. The van der Waals surface area contributed by atoms with Crippen LogP contribution in [0.1, 0.15) is 40.2 Å². The molecule has 1 aliphatic rings. The molecule has 2 aromatic heterocycles. The molecule has 0 unspecified atom stereocenters. The van der Waals surface area contributed by atoms with Gasteiger partial charge in [-0.25, -0.2) is 14.6 Å². The number of esters is 1. The van der Waals surface area contributed by atoms with Crippen LogP contribution in [0.25, 0.3) is 23.1 Å². The van der Waals surface area contributed by atoms with Gasteiger partial charge in [-0.1, -0.05) is 65.9 Å². The van der Waals surface area contributed by atoms with Crippen molar-refractivity contribution in [3.63, 3.8) is 0 Å². The molecule has 1 atom stereocenters. The predicted octanol–water partition coefficient (Wildman–Crippen LogP) is 4.90. The van der Waals surface area contributed by atoms with Crippen molar-refractivity contribution in [2.24, 2.45) is 4.99 Å². The molecule has 0 amide bonds. The van der Waals surface area contributed by atoms with Crippen LogP contribution in [0.5, 0.6) is 5.75 Å². The van der Waals surface area contributed by atoms with Crippen LogP contribution < -0.4 is 19.6 Å². The smallest absolute Gasteiger partial charge is 0.338 e. The van der Waals surface area contributed by atoms with Crippen molar-refractivity contribution in [2.45, 2.75) is 13.0 Å². The number of carboxylic acid groups (broad SMARTS) is 1. The molecule has 1 N–H and O–H groups in total. The van der Waals surface area contributed by atoms with Crippen molar-refractivity contribution in [3.8, 4) is 17.1 Å². The number of methoxy groups -OCH3 is 1. The van der Waals surface area contributed by atoms with Crippen LogP contribution in [0.3, 0.4) is 0 Å². The number of ether oxygens (including phenoxy) is 2. The summed E-state index contributed by atoms with van der Waals surface area (Å²) < 4.78 is 18.7. The maximum Gasteiger partial charge on any atom is 0.338 e. The Bertz CT molecular complexity index is 2090. The zero-order valence-electron chi connectivity index (χ0n) is 23.7. The topological polar surface area (TPSA) is 120 Å². The lowest BCUT2D eigenvalue weighted by molar-refractivity contribution is -0.138. The Morgan fingerprint density at radius 3 is 2.45 bits per heavy atom. The molecule has 220 valence electrons. The van der Waals surface area contributed by atoms with E-state index in [1.54, 1.807) is 56.5 Å². The standard InChI is InChI=1S/C34H26N2O7S/c1-3-42-33(40)28-29(20-8-5-4-6-9-20)35-34-36(30(28)21-12-14-24(41-2)15-13-21)31(37)27(44-34)19-25-16-17-26(43-25)22-10-7-11-23(18-22)32(38)39/h4-19,30H,3H2,1-2H3,(H,38,39)/b27-19-/t30-/m0/s1. The monoisotopic (exact) mass is 606 g/mol. The number of fused-ring (bicyclic) bond motifs is 1. The van der Waals surface area contributed by atoms with Crippen LogP contribution in [0.2, 0.25) is 0 Å². The first kappa shape index (κ1) is 28.6. The molecule has 3 aromatic carbocycles. The van der Waals surface area contributed by atoms with Crippen molar-refractivity contribution >= 4 is 35.0 Å². The van der Waals surface area contributed by atoms with Gasteiger partial charge in [0.15, 0.2) is 4.80 Å². The zero-order chi connectivity index (χ0) is 30.8. The summed E-state index contributed by atoms with van der Waals surface area (Å²) in [6.07, 6.45) is 1.62. The largest absolute Gasteiger partial charge is 0.497 e. The number of nitrogens with zero attached hydrogens (tertiary/aromatic N) is 2. The van der Waals surface area contributed by atoms with Gasteiger partial charge in [-0.05, 0) is 48.9 Å². The minimum atomic E-state index is -1.04. The Hall–Kier alpha value is -5.48. The van der Waals surface area contributed by atoms with Crippen molar-refractivity contribution < 1.29 is 28.6 Å². The zero-order valence-corrected chi connectivity index (χ0v) is 24.5. The maximum absolute atomic E-state index is 14.1. The van der Waals surface area contributed by atoms with Crippen molar-refractivity contribution in [2.75, 3.05) is 13.7 Å². The van der Waals surface area contributed by atoms with Gasteiger partial charge in [-0.3, -0.25) is 9.36 Å². The van der Waals surface area contributed by atoms with Gasteiger partial charge in [0.05, 0.1) is 41.1 Å². The summed E-state index contributed by atoms with van der Waals surface area (Å²) in [6, 6.07) is 25.5. The van der Waals surface area contributed by atoms with Gasteiger partial charge in [0.1, 0.15) is 17.3 Å². The van der Waals surface area contributed by atoms with E-state index < -0.39 is 18.0 Å². The Morgan fingerprint density at radius 2 is 1.75 bits per heavy atom. The van der Waals surface area contributed by atoms with E-state index in [-0.39, 0.29) is 23.3 Å². The molecular weight excluding hydrogens is 580 g/mol. The summed E-state index contributed by atoms with van der Waals surface area (Å²) >= 11 is 1.18. The molecule has 0 aliphatic carbocycles. The number of hydrogen-bond acceptors (Lipinski definition) is 8. The third-order valence-electron chi connectivity index (χ3n) is 7.10. The Labute approximate surface area is 255 Å². The molecule has 5 aromatic rings. The normalized spacial score (nSPS) is 14.6. The fourth-order valence-electron chi connectivity index (χ4n) is 5.06. The molecule has 10 heteroatoms. The highest BCUT2D eigenvalue weighted by molar-refractivity contribution is 7.07. The molecular formula is C34H26N2O7S. The number of aromatic nitrogens is 1. The summed E-state index contributed by atoms with van der Waals surface area (Å²) in [6.45, 7) is 1.88. The van der Waals surface area contributed by atoms with E-state index in [0.29, 0.717) is 49.0 Å². The predicted molar refractivity (Wildman–Crippen MR) is 165 cm³/mol. The first-order valence-electron chi connectivity index (χ1n) is 13.7. The summed E-state index contributed by atoms with van der Waals surface area (Å²) in [5.41, 5.74) is 2.46. The van der Waals surface area contributed by atoms with Gasteiger partial charge in [-0.15, -0.1) is 0 Å². The third kappa shape index (κ3) is 5.38. The Balaban J connectivity index is 1.53. The van der Waals surface area contributed by atoms with E-state index in [1.807, 2.05) is 42.5 Å². The minimum Gasteiger partial charge on any atom is -0.497 e. The first-order valence-corrected chi connectivity index (χ1v) is 14.6. The third-order valence-corrected chi connectivity index (χ3v) is 8.08. The summed E-state index contributed by atoms with van der Waals surface area (Å²) in [5.74, 6) is -0.111.